The molecule has 0 aromatic rings. The molecule has 1 aliphatic carbocycles. The molecule has 0 aromatic heterocycles. The maximum Gasteiger partial charge on any atom is 0.231 e. The van der Waals surface area contributed by atoms with Crippen molar-refractivity contribution in [1.29, 1.82) is 0 Å². The summed E-state index contributed by atoms with van der Waals surface area (Å²) in [6.07, 6.45) is -9.59. The number of ether oxygens (including phenoxy) is 6. The average Bonchev–Trinajstić information content (AvgIpc) is 3.23. The van der Waals surface area contributed by atoms with Crippen LogP contribution in [0.25, 0.3) is 0 Å². The van der Waals surface area contributed by atoms with Crippen LogP contribution in [0, 0.1) is 5.92 Å². The third kappa shape index (κ3) is 14.6. The average molecular weight is 871 g/mol. The molecule has 21 nitrogen and oxygen atoms in total. The molecule has 2 amide bonds. The molecule has 16 N–H and O–H groups in total. The molecule has 1 saturated carbocycles. The van der Waals surface area contributed by atoms with Gasteiger partial charge in [-0.3, -0.25) is 14.3 Å². The molecule has 3 saturated heterocycles. The van der Waals surface area contributed by atoms with Gasteiger partial charge in [-0.15, -0.1) is 0 Å². The van der Waals surface area contributed by atoms with E-state index in [1.54, 1.807) is 13.8 Å². The maximum atomic E-state index is 12.2. The van der Waals surface area contributed by atoms with Crippen molar-refractivity contribution in [1.82, 2.24) is 15.4 Å². The van der Waals surface area contributed by atoms with E-state index in [0.717, 1.165) is 12.8 Å². The molecule has 17 unspecified atom stereocenters. The third-order valence-corrected chi connectivity index (χ3v) is 12.4. The summed E-state index contributed by atoms with van der Waals surface area (Å²) in [5, 5.41) is 78.6. The first kappa shape index (κ1) is 50.3. The summed E-state index contributed by atoms with van der Waals surface area (Å²) in [7, 11) is 0. The van der Waals surface area contributed by atoms with Crippen LogP contribution >= 0.6 is 11.9 Å². The van der Waals surface area contributed by atoms with Crippen LogP contribution in [0.5, 0.6) is 0 Å². The Morgan fingerprint density at radius 2 is 1.25 bits per heavy atom. The summed E-state index contributed by atoms with van der Waals surface area (Å²) >= 11 is 1.22. The molecular weight excluding hydrogens is 801 g/mol. The number of carbonyl (C=O) groups excluding carboxylic acids is 2. The van der Waals surface area contributed by atoms with Gasteiger partial charge in [-0.25, -0.2) is 0 Å². The first-order valence-electron chi connectivity index (χ1n) is 20.8. The minimum atomic E-state index is -1.45. The van der Waals surface area contributed by atoms with E-state index < -0.39 is 110 Å². The molecule has 3 heterocycles. The van der Waals surface area contributed by atoms with E-state index in [1.807, 2.05) is 0 Å². The lowest BCUT2D eigenvalue weighted by Gasteiger charge is -2.45. The second kappa shape index (κ2) is 25.0. The lowest BCUT2D eigenvalue weighted by atomic mass is 9.89. The van der Waals surface area contributed by atoms with E-state index in [4.69, 9.17) is 45.6 Å². The third-order valence-electron chi connectivity index (χ3n) is 11.6. The number of carbonyl (C=O) groups is 2. The van der Waals surface area contributed by atoms with Gasteiger partial charge in [-0.2, -0.15) is 0 Å². The molecule has 0 aromatic carbocycles. The first-order valence-corrected chi connectivity index (χ1v) is 21.8. The summed E-state index contributed by atoms with van der Waals surface area (Å²) in [6, 6.07) is -3.20. The highest BCUT2D eigenvalue weighted by molar-refractivity contribution is 7.98. The van der Waals surface area contributed by atoms with Gasteiger partial charge in [-0.1, -0.05) is 31.2 Å². The second-order valence-corrected chi connectivity index (χ2v) is 16.9. The standard InChI is InChI=1S/C37H70N6O15S/c1-18(35-26(38)32(50)29(47)21(14-44)56-35)54-15-22-30(48)33(51)27(39)36(57-22)19(2)55-16-23-31(49)34(52)28(40)37(58-23)53-12-6-10-43-59-17-25(46)41-11-9-24(45)42-13-20-7-4-3-5-8-20/h18-23,26-37,43-44,47-52H,3-17,38-40H2,1-2H3,(H,41,46)(H,42,45). The van der Waals surface area contributed by atoms with Crippen LogP contribution in [-0.2, 0) is 38.0 Å². The quantitative estimate of drug-likeness (QED) is 0.0358. The maximum absolute atomic E-state index is 12.2. The molecule has 17 atom stereocenters. The molecule has 0 bridgehead atoms. The van der Waals surface area contributed by atoms with Crippen LogP contribution < -0.4 is 32.6 Å². The van der Waals surface area contributed by atoms with Gasteiger partial charge in [0.05, 0.1) is 62.5 Å². The van der Waals surface area contributed by atoms with Crippen molar-refractivity contribution in [3.05, 3.63) is 0 Å². The zero-order valence-corrected chi connectivity index (χ0v) is 34.9. The summed E-state index contributed by atoms with van der Waals surface area (Å²) in [4.78, 5) is 24.2. The molecule has 0 spiro atoms. The lowest BCUT2D eigenvalue weighted by Crippen LogP contribution is -2.66. The van der Waals surface area contributed by atoms with Crippen LogP contribution in [0.4, 0.5) is 0 Å². The van der Waals surface area contributed by atoms with E-state index >= 15 is 0 Å². The van der Waals surface area contributed by atoms with Crippen molar-refractivity contribution in [3.63, 3.8) is 0 Å². The number of rotatable bonds is 22. The summed E-state index contributed by atoms with van der Waals surface area (Å²) < 4.78 is 38.3. The number of aliphatic hydroxyl groups is 7. The summed E-state index contributed by atoms with van der Waals surface area (Å²) in [6.45, 7) is 3.76. The number of hydrogen-bond acceptors (Lipinski definition) is 20. The van der Waals surface area contributed by atoms with E-state index in [0.29, 0.717) is 25.4 Å². The van der Waals surface area contributed by atoms with Gasteiger partial charge in [0.15, 0.2) is 6.29 Å². The van der Waals surface area contributed by atoms with Crippen molar-refractivity contribution < 1.29 is 73.8 Å². The van der Waals surface area contributed by atoms with Gasteiger partial charge in [0.25, 0.3) is 0 Å². The van der Waals surface area contributed by atoms with Crippen LogP contribution in [0.1, 0.15) is 58.8 Å². The van der Waals surface area contributed by atoms with Crippen LogP contribution in [0.3, 0.4) is 0 Å². The molecule has 4 rings (SSSR count). The molecule has 59 heavy (non-hydrogen) atoms. The lowest BCUT2D eigenvalue weighted by molar-refractivity contribution is -0.276. The highest BCUT2D eigenvalue weighted by Gasteiger charge is 2.48. The molecule has 4 fully saturated rings. The van der Waals surface area contributed by atoms with E-state index in [-0.39, 0.29) is 50.4 Å². The Morgan fingerprint density at radius 3 is 1.85 bits per heavy atom. The van der Waals surface area contributed by atoms with Gasteiger partial charge < -0.3 is 92.0 Å². The fourth-order valence-electron chi connectivity index (χ4n) is 7.73. The van der Waals surface area contributed by atoms with Gasteiger partial charge in [0.2, 0.25) is 11.8 Å². The second-order valence-electron chi connectivity index (χ2n) is 16.1. The Balaban J connectivity index is 1.13. The Kier molecular flexibility index (Phi) is 21.3. The van der Waals surface area contributed by atoms with Gasteiger partial charge in [0.1, 0.15) is 67.1 Å². The zero-order chi connectivity index (χ0) is 43.2. The van der Waals surface area contributed by atoms with Crippen LogP contribution in [-0.4, -0.2) is 203 Å². The highest BCUT2D eigenvalue weighted by Crippen LogP contribution is 2.28. The molecule has 344 valence electrons. The van der Waals surface area contributed by atoms with Crippen LogP contribution in [0.2, 0.25) is 0 Å². The molecule has 3 aliphatic heterocycles. The SMILES string of the molecule is CC(OCC1OC(C(C)OCC2OC(OCCCNSCC(=O)NCCC(=O)NCC3CCCCC3)C(N)C(O)C2O)C(N)C(O)C1O)C1OC(CO)C(O)C(O)C1N. The minimum Gasteiger partial charge on any atom is -0.394 e. The van der Waals surface area contributed by atoms with E-state index in [1.165, 1.54) is 31.2 Å². The Labute approximate surface area is 349 Å². The van der Waals surface area contributed by atoms with Crippen molar-refractivity contribution in [3.8, 4) is 0 Å². The topological polar surface area (TPSA) is 345 Å². The van der Waals surface area contributed by atoms with E-state index in [9.17, 15) is 45.3 Å². The first-order chi connectivity index (χ1) is 28.1. The van der Waals surface area contributed by atoms with Gasteiger partial charge in [0, 0.05) is 26.1 Å². The minimum absolute atomic E-state index is 0.0637. The monoisotopic (exact) mass is 870 g/mol. The van der Waals surface area contributed by atoms with Crippen molar-refractivity contribution in [2.75, 3.05) is 51.8 Å². The number of aliphatic hydroxyl groups excluding tert-OH is 7. The fourth-order valence-corrected chi connectivity index (χ4v) is 8.35. The van der Waals surface area contributed by atoms with Crippen LogP contribution in [0.15, 0.2) is 0 Å². The predicted octanol–water partition coefficient (Wildman–Crippen LogP) is -4.96. The summed E-state index contributed by atoms with van der Waals surface area (Å²) in [5.74, 6) is 0.448. The van der Waals surface area contributed by atoms with Crippen molar-refractivity contribution in [2.24, 2.45) is 23.1 Å². The summed E-state index contributed by atoms with van der Waals surface area (Å²) in [5.41, 5.74) is 18.4. The number of amides is 2. The molecule has 22 heteroatoms. The molecular formula is C37H70N6O15S. The smallest absolute Gasteiger partial charge is 0.231 e. The van der Waals surface area contributed by atoms with Crippen molar-refractivity contribution >= 4 is 23.8 Å². The normalized spacial score (nSPS) is 38.1. The number of nitrogens with two attached hydrogens (primary N) is 3. The number of nitrogens with one attached hydrogen (secondary N) is 3. The molecule has 4 aliphatic rings. The number of hydrogen-bond donors (Lipinski definition) is 13. The molecule has 0 radical (unpaired) electrons. The van der Waals surface area contributed by atoms with Crippen molar-refractivity contribution in [2.45, 2.75) is 163 Å². The van der Waals surface area contributed by atoms with E-state index in [2.05, 4.69) is 15.4 Å². The Morgan fingerprint density at radius 1 is 0.712 bits per heavy atom. The van der Waals surface area contributed by atoms with Gasteiger partial charge in [-0.05, 0) is 39.0 Å². The predicted molar refractivity (Wildman–Crippen MR) is 212 cm³/mol. The van der Waals surface area contributed by atoms with Gasteiger partial charge >= 0.3 is 0 Å². The highest BCUT2D eigenvalue weighted by atomic mass is 32.2. The zero-order valence-electron chi connectivity index (χ0n) is 34.0. The Bertz CT molecular complexity index is 1250. The largest absolute Gasteiger partial charge is 0.394 e. The Hall–Kier alpha value is -1.39. The fraction of sp³-hybridized carbons (Fsp3) is 0.946.